The van der Waals surface area contributed by atoms with Crippen LogP contribution in [0.25, 0.3) is 0 Å². The SMILES string of the molecule is COc1ccc(CSC(C)(CC(C)(C)C)[C@H](NC(=O)O)C(=O)N2CSC[C@H]2C(N)=O)cc1. The van der Waals surface area contributed by atoms with Crippen molar-refractivity contribution in [3.8, 4) is 5.75 Å². The molecule has 1 heterocycles. The van der Waals surface area contributed by atoms with E-state index in [2.05, 4.69) is 26.1 Å². The second kappa shape index (κ2) is 10.7. The predicted octanol–water partition coefficient (Wildman–Crippen LogP) is 3.15. The van der Waals surface area contributed by atoms with Gasteiger partial charge in [-0.05, 0) is 36.5 Å². The second-order valence-corrected chi connectivity index (χ2v) is 11.8. The molecule has 0 radical (unpaired) electrons. The molecule has 10 heteroatoms. The van der Waals surface area contributed by atoms with E-state index in [-0.39, 0.29) is 5.41 Å². The molecule has 0 saturated carbocycles. The Kier molecular flexibility index (Phi) is 8.75. The molecule has 1 saturated heterocycles. The zero-order valence-electron chi connectivity index (χ0n) is 19.2. The first kappa shape index (κ1) is 26.2. The van der Waals surface area contributed by atoms with Crippen LogP contribution in [0.15, 0.2) is 24.3 Å². The van der Waals surface area contributed by atoms with Gasteiger partial charge in [-0.3, -0.25) is 9.59 Å². The normalized spacial score (nSPS) is 19.2. The monoisotopic (exact) mass is 483 g/mol. The van der Waals surface area contributed by atoms with Crippen molar-refractivity contribution in [1.29, 1.82) is 0 Å². The lowest BCUT2D eigenvalue weighted by Gasteiger charge is -2.42. The number of nitrogens with zero attached hydrogens (tertiary/aromatic N) is 1. The van der Waals surface area contributed by atoms with Crippen LogP contribution in [0.2, 0.25) is 0 Å². The average Bonchev–Trinajstić information content (AvgIpc) is 3.19. The standard InChI is InChI=1S/C22H33N3O5S2/c1-21(2,3)12-22(4,32-10-14-6-8-15(30-5)9-7-14)17(24-20(28)29)19(27)25-13-31-11-16(25)18(23)26/h6-9,16-17,24H,10-13H2,1-5H3,(H2,23,26)(H,28,29)/t16-,17+,22?/m0/s1. The topological polar surface area (TPSA) is 122 Å². The Hall–Kier alpha value is -2.07. The van der Waals surface area contributed by atoms with Crippen molar-refractivity contribution in [3.63, 3.8) is 0 Å². The summed E-state index contributed by atoms with van der Waals surface area (Å²) in [5.74, 6) is 1.04. The van der Waals surface area contributed by atoms with Crippen molar-refractivity contribution in [2.45, 2.75) is 56.7 Å². The number of ether oxygens (including phenoxy) is 1. The molecule has 1 unspecified atom stereocenters. The van der Waals surface area contributed by atoms with Crippen molar-refractivity contribution in [2.24, 2.45) is 11.1 Å². The number of nitrogens with one attached hydrogen (secondary N) is 1. The Bertz CT molecular complexity index is 828. The number of nitrogens with two attached hydrogens (primary N) is 1. The Morgan fingerprint density at radius 2 is 1.91 bits per heavy atom. The molecular weight excluding hydrogens is 450 g/mol. The number of hydrogen-bond donors (Lipinski definition) is 3. The number of amides is 3. The molecule has 1 aromatic rings. The fraction of sp³-hybridized carbons (Fsp3) is 0.591. The zero-order valence-corrected chi connectivity index (χ0v) is 20.8. The third-order valence-electron chi connectivity index (χ3n) is 5.23. The molecule has 0 aromatic heterocycles. The van der Waals surface area contributed by atoms with Crippen LogP contribution in [-0.2, 0) is 15.3 Å². The zero-order chi connectivity index (χ0) is 24.1. The number of thioether (sulfide) groups is 2. The third-order valence-corrected chi connectivity index (χ3v) is 7.76. The molecule has 0 spiro atoms. The second-order valence-electron chi connectivity index (χ2n) is 9.30. The van der Waals surface area contributed by atoms with Crippen LogP contribution in [0.3, 0.4) is 0 Å². The van der Waals surface area contributed by atoms with E-state index in [0.717, 1.165) is 11.3 Å². The number of hydrogen-bond acceptors (Lipinski definition) is 6. The molecule has 0 bridgehead atoms. The van der Waals surface area contributed by atoms with Crippen molar-refractivity contribution >= 4 is 41.4 Å². The van der Waals surface area contributed by atoms with E-state index in [9.17, 15) is 19.5 Å². The maximum Gasteiger partial charge on any atom is 0.405 e. The van der Waals surface area contributed by atoms with Gasteiger partial charge in [0.05, 0.1) is 13.0 Å². The molecule has 1 aliphatic heterocycles. The maximum atomic E-state index is 13.6. The molecule has 0 aliphatic carbocycles. The number of carbonyl (C=O) groups is 3. The number of benzene rings is 1. The summed E-state index contributed by atoms with van der Waals surface area (Å²) in [4.78, 5) is 38.5. The highest BCUT2D eigenvalue weighted by Gasteiger charge is 2.47. The minimum Gasteiger partial charge on any atom is -0.497 e. The number of rotatable bonds is 9. The molecule has 1 aliphatic rings. The Morgan fingerprint density at radius 3 is 2.41 bits per heavy atom. The molecule has 32 heavy (non-hydrogen) atoms. The number of methoxy groups -OCH3 is 1. The van der Waals surface area contributed by atoms with Gasteiger partial charge in [0.1, 0.15) is 17.8 Å². The van der Waals surface area contributed by atoms with Gasteiger partial charge in [-0.15, -0.1) is 23.5 Å². The summed E-state index contributed by atoms with van der Waals surface area (Å²) < 4.78 is 4.43. The van der Waals surface area contributed by atoms with Gasteiger partial charge in [0.15, 0.2) is 0 Å². The molecular formula is C22H33N3O5S2. The minimum absolute atomic E-state index is 0.177. The van der Waals surface area contributed by atoms with E-state index in [1.807, 2.05) is 31.2 Å². The van der Waals surface area contributed by atoms with E-state index in [4.69, 9.17) is 10.5 Å². The highest BCUT2D eigenvalue weighted by atomic mass is 32.2. The van der Waals surface area contributed by atoms with E-state index in [0.29, 0.717) is 23.8 Å². The van der Waals surface area contributed by atoms with Gasteiger partial charge in [-0.2, -0.15) is 0 Å². The largest absolute Gasteiger partial charge is 0.497 e. The van der Waals surface area contributed by atoms with Crippen LogP contribution in [-0.4, -0.2) is 63.5 Å². The maximum absolute atomic E-state index is 13.6. The molecule has 8 nitrogen and oxygen atoms in total. The third kappa shape index (κ3) is 6.96. The van der Waals surface area contributed by atoms with Crippen LogP contribution in [0.1, 0.15) is 39.7 Å². The molecule has 2 rings (SSSR count). The van der Waals surface area contributed by atoms with Crippen LogP contribution in [0, 0.1) is 5.41 Å². The number of carboxylic acid groups (broad SMARTS) is 1. The number of carbonyl (C=O) groups excluding carboxylic acids is 2. The Balaban J connectivity index is 2.36. The molecule has 3 amide bonds. The molecule has 178 valence electrons. The van der Waals surface area contributed by atoms with Crippen molar-refractivity contribution in [3.05, 3.63) is 29.8 Å². The fourth-order valence-electron chi connectivity index (χ4n) is 3.92. The van der Waals surface area contributed by atoms with Gasteiger partial charge < -0.3 is 25.8 Å². The number of primary amides is 1. The molecule has 3 atom stereocenters. The highest BCUT2D eigenvalue weighted by Crippen LogP contribution is 2.42. The predicted molar refractivity (Wildman–Crippen MR) is 129 cm³/mol. The minimum atomic E-state index is -1.28. The summed E-state index contributed by atoms with van der Waals surface area (Å²) >= 11 is 2.96. The van der Waals surface area contributed by atoms with Crippen LogP contribution in [0.5, 0.6) is 5.75 Å². The molecule has 4 N–H and O–H groups in total. The van der Waals surface area contributed by atoms with Gasteiger partial charge in [0.25, 0.3) is 0 Å². The lowest BCUT2D eigenvalue weighted by atomic mass is 9.81. The van der Waals surface area contributed by atoms with E-state index in [1.54, 1.807) is 7.11 Å². The Morgan fingerprint density at radius 1 is 1.28 bits per heavy atom. The van der Waals surface area contributed by atoms with E-state index >= 15 is 0 Å². The van der Waals surface area contributed by atoms with Crippen LogP contribution < -0.4 is 15.8 Å². The first-order chi connectivity index (χ1) is 14.9. The van der Waals surface area contributed by atoms with Crippen molar-refractivity contribution < 1.29 is 24.2 Å². The van der Waals surface area contributed by atoms with Gasteiger partial charge in [-0.25, -0.2) is 4.79 Å². The van der Waals surface area contributed by atoms with E-state index in [1.165, 1.54) is 28.4 Å². The smallest absolute Gasteiger partial charge is 0.405 e. The summed E-state index contributed by atoms with van der Waals surface area (Å²) in [6.45, 7) is 8.08. The van der Waals surface area contributed by atoms with Gasteiger partial charge in [0, 0.05) is 16.3 Å². The van der Waals surface area contributed by atoms with Crippen molar-refractivity contribution in [1.82, 2.24) is 10.2 Å². The Labute approximate surface area is 198 Å². The van der Waals surface area contributed by atoms with Crippen LogP contribution in [0.4, 0.5) is 4.79 Å². The van der Waals surface area contributed by atoms with Gasteiger partial charge >= 0.3 is 6.09 Å². The van der Waals surface area contributed by atoms with E-state index < -0.39 is 34.7 Å². The summed E-state index contributed by atoms with van der Waals surface area (Å²) in [6, 6.07) is 5.86. The summed E-state index contributed by atoms with van der Waals surface area (Å²) in [5.41, 5.74) is 6.35. The summed E-state index contributed by atoms with van der Waals surface area (Å²) in [5, 5.41) is 12.0. The fourth-order valence-corrected chi connectivity index (χ4v) is 6.65. The van der Waals surface area contributed by atoms with Crippen molar-refractivity contribution in [2.75, 3.05) is 18.7 Å². The molecule has 1 aromatic carbocycles. The highest BCUT2D eigenvalue weighted by molar-refractivity contribution is 8.00. The summed E-state index contributed by atoms with van der Waals surface area (Å²) in [6.07, 6.45) is -0.712. The van der Waals surface area contributed by atoms with Gasteiger partial charge in [0.2, 0.25) is 11.8 Å². The van der Waals surface area contributed by atoms with Gasteiger partial charge in [-0.1, -0.05) is 32.9 Å². The average molecular weight is 484 g/mol. The summed E-state index contributed by atoms with van der Waals surface area (Å²) in [7, 11) is 1.61. The first-order valence-corrected chi connectivity index (χ1v) is 12.4. The molecule has 1 fully saturated rings. The lowest BCUT2D eigenvalue weighted by Crippen LogP contribution is -2.61. The lowest BCUT2D eigenvalue weighted by molar-refractivity contribution is -0.139. The quantitative estimate of drug-likeness (QED) is 0.493. The first-order valence-electron chi connectivity index (χ1n) is 10.3. The van der Waals surface area contributed by atoms with Crippen LogP contribution >= 0.6 is 23.5 Å².